The average molecular weight is 434 g/mol. The zero-order valence-electron chi connectivity index (χ0n) is 17.6. The van der Waals surface area contributed by atoms with Gasteiger partial charge in [0.05, 0.1) is 5.56 Å². The molecule has 3 N–H and O–H groups in total. The summed E-state index contributed by atoms with van der Waals surface area (Å²) in [5, 5.41) is 6.96. The number of likely N-dealkylation sites (N-methyl/N-ethyl adjacent to an activating group) is 1. The standard InChI is InChI=1S/C23H23FN6O2/c1-29-7-9-30(10-8-29)23(32)15-3-2-4-18(12-15)26-14-21(28-25)19-13-16-11-17(24)5-6-20(16)27-22(19)31/h2-6,11-14,25-26H,7-10H2,1H3,(H,27,31)/b21-14-,28-25?. The molecule has 3 aromatic rings. The molecule has 1 fully saturated rings. The first-order chi connectivity index (χ1) is 15.4. The number of nitrogens with one attached hydrogen (secondary N) is 3. The molecule has 4 rings (SSSR count). The number of nitrogens with zero attached hydrogens (tertiary/aromatic N) is 3. The molecule has 0 aliphatic carbocycles. The van der Waals surface area contributed by atoms with E-state index in [9.17, 15) is 14.0 Å². The first-order valence-corrected chi connectivity index (χ1v) is 10.2. The van der Waals surface area contributed by atoms with Gasteiger partial charge in [0.25, 0.3) is 11.5 Å². The molecular formula is C23H23FN6O2. The highest BCUT2D eigenvalue weighted by molar-refractivity contribution is 5.95. The third-order valence-electron chi connectivity index (χ3n) is 5.48. The van der Waals surface area contributed by atoms with E-state index in [2.05, 4.69) is 20.3 Å². The number of hydrogen-bond donors (Lipinski definition) is 3. The average Bonchev–Trinajstić information content (AvgIpc) is 2.80. The number of aromatic amines is 1. The van der Waals surface area contributed by atoms with Gasteiger partial charge in [-0.3, -0.25) is 9.59 Å². The number of pyridine rings is 1. The molecule has 9 heteroatoms. The molecule has 2 aromatic carbocycles. The van der Waals surface area contributed by atoms with Crippen LogP contribution in [-0.4, -0.2) is 53.9 Å². The predicted octanol–water partition coefficient (Wildman–Crippen LogP) is 3.50. The summed E-state index contributed by atoms with van der Waals surface area (Å²) in [6.07, 6.45) is 1.42. The normalized spacial score (nSPS) is 15.1. The Bertz CT molecular complexity index is 1260. The third-order valence-corrected chi connectivity index (χ3v) is 5.48. The van der Waals surface area contributed by atoms with E-state index in [-0.39, 0.29) is 17.2 Å². The van der Waals surface area contributed by atoms with Crippen LogP contribution in [0.4, 0.5) is 10.1 Å². The fraction of sp³-hybridized carbons (Fsp3) is 0.217. The molecule has 0 radical (unpaired) electrons. The van der Waals surface area contributed by atoms with Gasteiger partial charge in [0.1, 0.15) is 11.5 Å². The van der Waals surface area contributed by atoms with Gasteiger partial charge >= 0.3 is 0 Å². The van der Waals surface area contributed by atoms with Crippen molar-refractivity contribution in [1.82, 2.24) is 14.8 Å². The van der Waals surface area contributed by atoms with Gasteiger partial charge in [0, 0.05) is 54.5 Å². The van der Waals surface area contributed by atoms with Gasteiger partial charge in [0.2, 0.25) is 0 Å². The third kappa shape index (κ3) is 4.57. The molecule has 0 saturated carbocycles. The van der Waals surface area contributed by atoms with E-state index in [0.717, 1.165) is 13.1 Å². The quantitative estimate of drug-likeness (QED) is 0.535. The highest BCUT2D eigenvalue weighted by Crippen LogP contribution is 2.20. The van der Waals surface area contributed by atoms with Crippen molar-refractivity contribution in [2.75, 3.05) is 38.5 Å². The van der Waals surface area contributed by atoms with Crippen LogP contribution < -0.4 is 10.9 Å². The first kappa shape index (κ1) is 21.4. The summed E-state index contributed by atoms with van der Waals surface area (Å²) in [4.78, 5) is 31.9. The summed E-state index contributed by atoms with van der Waals surface area (Å²) in [6.45, 7) is 3.04. The van der Waals surface area contributed by atoms with Crippen molar-refractivity contribution in [3.8, 4) is 0 Å². The molecule has 1 saturated heterocycles. The maximum atomic E-state index is 13.6. The fourth-order valence-corrected chi connectivity index (χ4v) is 3.62. The minimum atomic E-state index is -0.438. The van der Waals surface area contributed by atoms with Gasteiger partial charge in [-0.15, -0.1) is 0 Å². The summed E-state index contributed by atoms with van der Waals surface area (Å²) in [7, 11) is 2.03. The number of H-pyrrole nitrogens is 1. The van der Waals surface area contributed by atoms with E-state index in [1.165, 1.54) is 30.5 Å². The Kier molecular flexibility index (Phi) is 6.09. The van der Waals surface area contributed by atoms with Crippen LogP contribution in [0.25, 0.3) is 16.6 Å². The molecule has 1 amide bonds. The van der Waals surface area contributed by atoms with E-state index in [1.54, 1.807) is 24.3 Å². The van der Waals surface area contributed by atoms with Crippen molar-refractivity contribution < 1.29 is 9.18 Å². The number of hydrogen-bond acceptors (Lipinski definition) is 6. The van der Waals surface area contributed by atoms with Crippen molar-refractivity contribution in [2.24, 2.45) is 5.11 Å². The Balaban J connectivity index is 1.57. The molecule has 0 atom stereocenters. The summed E-state index contributed by atoms with van der Waals surface area (Å²) in [5.41, 5.74) is 8.93. The topological polar surface area (TPSA) is 105 Å². The Morgan fingerprint density at radius 1 is 1.16 bits per heavy atom. The number of amides is 1. The van der Waals surface area contributed by atoms with Crippen LogP contribution in [-0.2, 0) is 0 Å². The van der Waals surface area contributed by atoms with Gasteiger partial charge in [-0.25, -0.2) is 9.92 Å². The lowest BCUT2D eigenvalue weighted by Crippen LogP contribution is -2.47. The van der Waals surface area contributed by atoms with Crippen LogP contribution >= 0.6 is 0 Å². The largest absolute Gasteiger partial charge is 0.360 e. The summed E-state index contributed by atoms with van der Waals surface area (Å²) < 4.78 is 13.6. The molecule has 2 heterocycles. The minimum absolute atomic E-state index is 0.0378. The van der Waals surface area contributed by atoms with Crippen molar-refractivity contribution in [1.29, 1.82) is 5.53 Å². The number of carbonyl (C=O) groups is 1. The lowest BCUT2D eigenvalue weighted by Gasteiger charge is -2.32. The van der Waals surface area contributed by atoms with E-state index >= 15 is 0 Å². The van der Waals surface area contributed by atoms with E-state index < -0.39 is 11.4 Å². The maximum absolute atomic E-state index is 13.6. The second kappa shape index (κ2) is 9.11. The molecule has 0 bridgehead atoms. The van der Waals surface area contributed by atoms with E-state index in [0.29, 0.717) is 35.2 Å². The molecule has 0 unspecified atom stereocenters. The molecule has 1 aromatic heterocycles. The maximum Gasteiger partial charge on any atom is 0.258 e. The molecule has 8 nitrogen and oxygen atoms in total. The molecular weight excluding hydrogens is 411 g/mol. The molecule has 32 heavy (non-hydrogen) atoms. The van der Waals surface area contributed by atoms with Crippen LogP contribution in [0.1, 0.15) is 15.9 Å². The highest BCUT2D eigenvalue weighted by Gasteiger charge is 2.20. The second-order valence-corrected chi connectivity index (χ2v) is 7.71. The number of aromatic nitrogens is 1. The molecule has 1 aliphatic heterocycles. The van der Waals surface area contributed by atoms with E-state index in [4.69, 9.17) is 5.53 Å². The fourth-order valence-electron chi connectivity index (χ4n) is 3.62. The van der Waals surface area contributed by atoms with Crippen molar-refractivity contribution in [3.05, 3.63) is 82.0 Å². The van der Waals surface area contributed by atoms with Gasteiger partial charge in [-0.2, -0.15) is 5.11 Å². The smallest absolute Gasteiger partial charge is 0.258 e. The lowest BCUT2D eigenvalue weighted by atomic mass is 10.1. The van der Waals surface area contributed by atoms with Crippen molar-refractivity contribution in [3.63, 3.8) is 0 Å². The Labute approximate surface area is 183 Å². The molecule has 164 valence electrons. The van der Waals surface area contributed by atoms with Crippen LogP contribution in [0, 0.1) is 11.3 Å². The zero-order chi connectivity index (χ0) is 22.7. The highest BCUT2D eigenvalue weighted by atomic mass is 19.1. The summed E-state index contributed by atoms with van der Waals surface area (Å²) >= 11 is 0. The second-order valence-electron chi connectivity index (χ2n) is 7.71. The molecule has 1 aliphatic rings. The van der Waals surface area contributed by atoms with Crippen LogP contribution in [0.3, 0.4) is 0 Å². The Morgan fingerprint density at radius 2 is 1.94 bits per heavy atom. The number of benzene rings is 2. The lowest BCUT2D eigenvalue weighted by molar-refractivity contribution is 0.0664. The Hall–Kier alpha value is -3.85. The number of carbonyl (C=O) groups excluding carboxylic acids is 1. The van der Waals surface area contributed by atoms with Gasteiger partial charge in [0.15, 0.2) is 0 Å². The van der Waals surface area contributed by atoms with Crippen molar-refractivity contribution >= 4 is 28.2 Å². The van der Waals surface area contributed by atoms with Gasteiger partial charge in [-0.1, -0.05) is 6.07 Å². The zero-order valence-corrected chi connectivity index (χ0v) is 17.6. The number of halogens is 1. The van der Waals surface area contributed by atoms with E-state index in [1.807, 2.05) is 11.9 Å². The Morgan fingerprint density at radius 3 is 2.69 bits per heavy atom. The minimum Gasteiger partial charge on any atom is -0.360 e. The first-order valence-electron chi connectivity index (χ1n) is 10.2. The SMILES string of the molecule is CN1CCN(C(=O)c2cccc(N/C=C(\N=N)c3cc4cc(F)ccc4[nH]c3=O)c2)CC1. The van der Waals surface area contributed by atoms with Gasteiger partial charge in [-0.05, 0) is 49.5 Å². The van der Waals surface area contributed by atoms with Crippen LogP contribution in [0.5, 0.6) is 0 Å². The summed E-state index contributed by atoms with van der Waals surface area (Å²) in [6, 6.07) is 12.6. The monoisotopic (exact) mass is 434 g/mol. The van der Waals surface area contributed by atoms with Crippen LogP contribution in [0.2, 0.25) is 0 Å². The van der Waals surface area contributed by atoms with Crippen LogP contribution in [0.15, 0.2) is 64.6 Å². The van der Waals surface area contributed by atoms with Crippen molar-refractivity contribution in [2.45, 2.75) is 0 Å². The number of fused-ring (bicyclic) bond motifs is 1. The number of anilines is 1. The number of piperazine rings is 1. The molecule has 0 spiro atoms. The van der Waals surface area contributed by atoms with Gasteiger partial charge < -0.3 is 20.1 Å². The predicted molar refractivity (Wildman–Crippen MR) is 121 cm³/mol. The summed E-state index contributed by atoms with van der Waals surface area (Å²) in [5.74, 6) is -0.465. The number of rotatable bonds is 5.